The van der Waals surface area contributed by atoms with E-state index >= 15 is 0 Å². The normalized spacial score (nSPS) is 16.6. The van der Waals surface area contributed by atoms with Crippen molar-refractivity contribution in [1.82, 2.24) is 4.98 Å². The summed E-state index contributed by atoms with van der Waals surface area (Å²) in [5.41, 5.74) is 0.656. The third-order valence-electron chi connectivity index (χ3n) is 5.57. The molecule has 1 aromatic heterocycles. The molecule has 0 N–H and O–H groups in total. The van der Waals surface area contributed by atoms with Crippen LogP contribution in [0.25, 0.3) is 10.2 Å². The number of hydrogen-bond acceptors (Lipinski definition) is 6. The van der Waals surface area contributed by atoms with Crippen LogP contribution in [-0.4, -0.2) is 43.8 Å². The van der Waals surface area contributed by atoms with Gasteiger partial charge in [0.15, 0.2) is 20.8 Å². The minimum absolute atomic E-state index is 0.00148. The molecule has 1 aliphatic heterocycles. The highest BCUT2D eigenvalue weighted by molar-refractivity contribution is 7.92. The number of sulfone groups is 1. The van der Waals surface area contributed by atoms with E-state index in [4.69, 9.17) is 4.74 Å². The topological polar surface area (TPSA) is 76.6 Å². The third kappa shape index (κ3) is 5.07. The van der Waals surface area contributed by atoms with Gasteiger partial charge in [-0.05, 0) is 50.5 Å². The standard InChI is InChI=1S/C23H24F2N2O4S2/c1-14(2)33(29,30)18-7-5-15(6-8-18)10-21(28)27(13-17-4-3-9-31-17)23-26-22-19(25)11-16(24)12-20(22)32-23/h5-8,11-12,14,17H,3-4,9-10,13H2,1-2H3. The fraction of sp³-hybridized carbons (Fsp3) is 0.391. The number of amides is 1. The quantitative estimate of drug-likeness (QED) is 0.483. The van der Waals surface area contributed by atoms with Crippen molar-refractivity contribution in [2.24, 2.45) is 0 Å². The lowest BCUT2D eigenvalue weighted by atomic mass is 10.1. The molecule has 0 radical (unpaired) electrons. The molecule has 0 bridgehead atoms. The fourth-order valence-electron chi connectivity index (χ4n) is 3.68. The molecule has 2 aromatic carbocycles. The maximum atomic E-state index is 14.2. The Morgan fingerprint density at radius 1 is 1.24 bits per heavy atom. The lowest BCUT2D eigenvalue weighted by molar-refractivity contribution is -0.118. The SMILES string of the molecule is CC(C)S(=O)(=O)c1ccc(CC(=O)N(CC2CCCO2)c2nc3c(F)cc(F)cc3s2)cc1. The zero-order chi connectivity index (χ0) is 23.8. The van der Waals surface area contributed by atoms with Crippen LogP contribution in [0.2, 0.25) is 0 Å². The molecule has 1 amide bonds. The second-order valence-electron chi connectivity index (χ2n) is 8.28. The van der Waals surface area contributed by atoms with E-state index < -0.39 is 26.7 Å². The Bertz CT molecular complexity index is 1270. The molecule has 1 saturated heterocycles. The van der Waals surface area contributed by atoms with Crippen LogP contribution in [0, 0.1) is 11.6 Å². The van der Waals surface area contributed by atoms with Crippen LogP contribution in [-0.2, 0) is 25.8 Å². The Morgan fingerprint density at radius 2 is 1.97 bits per heavy atom. The lowest BCUT2D eigenvalue weighted by Crippen LogP contribution is -2.38. The Morgan fingerprint density at radius 3 is 2.61 bits per heavy atom. The number of benzene rings is 2. The van der Waals surface area contributed by atoms with Crippen LogP contribution in [0.15, 0.2) is 41.3 Å². The number of rotatable bonds is 7. The van der Waals surface area contributed by atoms with Crippen molar-refractivity contribution in [3.8, 4) is 0 Å². The van der Waals surface area contributed by atoms with Crippen molar-refractivity contribution in [2.45, 2.75) is 49.4 Å². The van der Waals surface area contributed by atoms with Gasteiger partial charge in [-0.2, -0.15) is 0 Å². The first-order valence-corrected chi connectivity index (χ1v) is 13.0. The van der Waals surface area contributed by atoms with Gasteiger partial charge in [-0.1, -0.05) is 23.5 Å². The average molecular weight is 495 g/mol. The number of anilines is 1. The number of ether oxygens (including phenoxy) is 1. The van der Waals surface area contributed by atoms with Crippen LogP contribution < -0.4 is 4.90 Å². The van der Waals surface area contributed by atoms with Gasteiger partial charge in [0.05, 0.1) is 33.9 Å². The highest BCUT2D eigenvalue weighted by atomic mass is 32.2. The molecule has 0 spiro atoms. The summed E-state index contributed by atoms with van der Waals surface area (Å²) in [5.74, 6) is -1.77. The molecule has 2 heterocycles. The van der Waals surface area contributed by atoms with Crippen molar-refractivity contribution in [2.75, 3.05) is 18.1 Å². The summed E-state index contributed by atoms with van der Waals surface area (Å²) in [6.45, 7) is 4.09. The van der Waals surface area contributed by atoms with Crippen molar-refractivity contribution in [1.29, 1.82) is 0 Å². The number of hydrogen-bond donors (Lipinski definition) is 0. The van der Waals surface area contributed by atoms with Crippen LogP contribution in [0.3, 0.4) is 0 Å². The summed E-state index contributed by atoms with van der Waals surface area (Å²) >= 11 is 1.04. The van der Waals surface area contributed by atoms with Crippen LogP contribution in [0.5, 0.6) is 0 Å². The summed E-state index contributed by atoms with van der Waals surface area (Å²) < 4.78 is 58.5. The molecule has 1 atom stereocenters. The summed E-state index contributed by atoms with van der Waals surface area (Å²) in [7, 11) is -3.41. The average Bonchev–Trinajstić information content (AvgIpc) is 3.42. The van der Waals surface area contributed by atoms with Crippen molar-refractivity contribution in [3.63, 3.8) is 0 Å². The highest BCUT2D eigenvalue weighted by Gasteiger charge is 2.27. The van der Waals surface area contributed by atoms with E-state index in [9.17, 15) is 22.0 Å². The van der Waals surface area contributed by atoms with E-state index in [2.05, 4.69) is 4.98 Å². The molecule has 3 aromatic rings. The van der Waals surface area contributed by atoms with Gasteiger partial charge in [0.2, 0.25) is 5.91 Å². The number of nitrogens with zero attached hydrogens (tertiary/aromatic N) is 2. The molecule has 0 saturated carbocycles. The summed E-state index contributed by atoms with van der Waals surface area (Å²) in [4.78, 5) is 19.2. The Labute approximate surface area is 195 Å². The summed E-state index contributed by atoms with van der Waals surface area (Å²) in [5, 5.41) is -0.273. The minimum atomic E-state index is -3.41. The molecular formula is C23H24F2N2O4S2. The van der Waals surface area contributed by atoms with E-state index in [-0.39, 0.29) is 40.5 Å². The van der Waals surface area contributed by atoms with Crippen molar-refractivity contribution < 1.29 is 26.7 Å². The third-order valence-corrected chi connectivity index (χ3v) is 8.77. The second kappa shape index (κ2) is 9.44. The maximum Gasteiger partial charge on any atom is 0.233 e. The smallest absolute Gasteiger partial charge is 0.233 e. The van der Waals surface area contributed by atoms with Gasteiger partial charge in [0, 0.05) is 12.7 Å². The highest BCUT2D eigenvalue weighted by Crippen LogP contribution is 2.32. The van der Waals surface area contributed by atoms with Crippen LogP contribution in [0.4, 0.5) is 13.9 Å². The fourth-order valence-corrected chi connectivity index (χ4v) is 5.77. The van der Waals surface area contributed by atoms with Gasteiger partial charge in [-0.3, -0.25) is 9.69 Å². The van der Waals surface area contributed by atoms with Crippen LogP contribution >= 0.6 is 11.3 Å². The van der Waals surface area contributed by atoms with Crippen molar-refractivity contribution in [3.05, 3.63) is 53.6 Å². The summed E-state index contributed by atoms with van der Waals surface area (Å²) in [6.07, 6.45) is 1.51. The molecule has 4 rings (SSSR count). The predicted octanol–water partition coefficient (Wildman–Crippen LogP) is 4.51. The molecule has 1 aliphatic rings. The molecule has 1 unspecified atom stereocenters. The van der Waals surface area contributed by atoms with E-state index in [0.717, 1.165) is 30.2 Å². The number of carbonyl (C=O) groups excluding carboxylic acids is 1. The number of thiazole rings is 1. The molecule has 33 heavy (non-hydrogen) atoms. The van der Waals surface area contributed by atoms with Gasteiger partial charge >= 0.3 is 0 Å². The Kier molecular flexibility index (Phi) is 6.78. The molecular weight excluding hydrogens is 470 g/mol. The number of aromatic nitrogens is 1. The molecule has 1 fully saturated rings. The predicted molar refractivity (Wildman–Crippen MR) is 123 cm³/mol. The van der Waals surface area contributed by atoms with E-state index in [1.165, 1.54) is 23.1 Å². The van der Waals surface area contributed by atoms with Gasteiger partial charge in [0.25, 0.3) is 0 Å². The zero-order valence-corrected chi connectivity index (χ0v) is 19.9. The molecule has 0 aliphatic carbocycles. The summed E-state index contributed by atoms with van der Waals surface area (Å²) in [6, 6.07) is 8.19. The Hall–Kier alpha value is -2.43. The van der Waals surface area contributed by atoms with E-state index in [0.29, 0.717) is 16.9 Å². The van der Waals surface area contributed by atoms with Gasteiger partial charge in [-0.25, -0.2) is 22.2 Å². The van der Waals surface area contributed by atoms with Gasteiger partial charge in [0.1, 0.15) is 11.3 Å². The first kappa shape index (κ1) is 23.7. The number of fused-ring (bicyclic) bond motifs is 1. The zero-order valence-electron chi connectivity index (χ0n) is 18.3. The number of carbonyl (C=O) groups is 1. The Balaban J connectivity index is 1.61. The molecule has 6 nitrogen and oxygen atoms in total. The minimum Gasteiger partial charge on any atom is -0.376 e. The monoisotopic (exact) mass is 494 g/mol. The van der Waals surface area contributed by atoms with Gasteiger partial charge < -0.3 is 4.74 Å². The molecule has 176 valence electrons. The molecule has 10 heteroatoms. The van der Waals surface area contributed by atoms with Crippen molar-refractivity contribution >= 4 is 42.4 Å². The maximum absolute atomic E-state index is 14.2. The van der Waals surface area contributed by atoms with Crippen LogP contribution in [0.1, 0.15) is 32.3 Å². The number of halogens is 2. The second-order valence-corrected chi connectivity index (χ2v) is 11.8. The lowest BCUT2D eigenvalue weighted by Gasteiger charge is -2.23. The van der Waals surface area contributed by atoms with Gasteiger partial charge in [-0.15, -0.1) is 0 Å². The largest absolute Gasteiger partial charge is 0.376 e. The first-order chi connectivity index (χ1) is 15.6. The van der Waals surface area contributed by atoms with E-state index in [1.807, 2.05) is 0 Å². The van der Waals surface area contributed by atoms with E-state index in [1.54, 1.807) is 26.0 Å². The first-order valence-electron chi connectivity index (χ1n) is 10.7.